The molecule has 1 aliphatic rings. The third-order valence-corrected chi connectivity index (χ3v) is 15.9. The van der Waals surface area contributed by atoms with Crippen molar-refractivity contribution in [3.63, 3.8) is 0 Å². The highest BCUT2D eigenvalue weighted by atomic mass is 19.1. The van der Waals surface area contributed by atoms with Crippen LogP contribution in [0.2, 0.25) is 0 Å². The molecule has 13 aromatic rings. The number of hydrogen-bond donors (Lipinski definition) is 0. The van der Waals surface area contributed by atoms with E-state index < -0.39 is 6.71 Å². The van der Waals surface area contributed by atoms with Gasteiger partial charge in [-0.1, -0.05) is 225 Å². The Morgan fingerprint density at radius 2 is 1.01 bits per heavy atom. The first kappa shape index (κ1) is 43.7. The number of benzene rings is 12. The molecule has 0 aliphatic heterocycles. The SMILES string of the molecule is CC1(C)c2ccccc2-c2ccc(N(c3ccccc3)c3ccc(-c4ccc5ccc6c(B(c7ccccc7)c7c(F)cc(-c8ccccc8)cc7-c7ccccc7)ccc7c8ccccc8c4c5c67)nc3)cc21. The molecule has 1 heterocycles. The topological polar surface area (TPSA) is 16.1 Å². The van der Waals surface area contributed by atoms with E-state index in [0.29, 0.717) is 5.46 Å². The van der Waals surface area contributed by atoms with Crippen molar-refractivity contribution < 1.29 is 4.39 Å². The van der Waals surface area contributed by atoms with Gasteiger partial charge in [0.25, 0.3) is 0 Å². The summed E-state index contributed by atoms with van der Waals surface area (Å²) in [6, 6.07) is 87.8. The van der Waals surface area contributed by atoms with E-state index in [4.69, 9.17) is 4.98 Å². The first-order chi connectivity index (χ1) is 36.4. The van der Waals surface area contributed by atoms with Crippen molar-refractivity contribution in [1.82, 2.24) is 4.98 Å². The maximum Gasteiger partial charge on any atom is 0.246 e. The fourth-order valence-corrected chi connectivity index (χ4v) is 12.4. The molecule has 2 nitrogen and oxygen atoms in total. The molecule has 348 valence electrons. The summed E-state index contributed by atoms with van der Waals surface area (Å²) in [5.41, 5.74) is 16.7. The quantitative estimate of drug-likeness (QED) is 0.0814. The zero-order chi connectivity index (χ0) is 49.5. The van der Waals surface area contributed by atoms with Crippen molar-refractivity contribution in [1.29, 1.82) is 0 Å². The minimum Gasteiger partial charge on any atom is -0.309 e. The smallest absolute Gasteiger partial charge is 0.246 e. The van der Waals surface area contributed by atoms with Crippen LogP contribution in [0.4, 0.5) is 21.5 Å². The van der Waals surface area contributed by atoms with Gasteiger partial charge in [-0.3, -0.25) is 4.98 Å². The van der Waals surface area contributed by atoms with E-state index in [1.165, 1.54) is 49.2 Å². The van der Waals surface area contributed by atoms with Crippen LogP contribution in [0.5, 0.6) is 0 Å². The number of rotatable bonds is 9. The minimum absolute atomic E-state index is 0.136. The van der Waals surface area contributed by atoms with Crippen molar-refractivity contribution in [2.45, 2.75) is 19.3 Å². The molecule has 1 aromatic heterocycles. The zero-order valence-electron chi connectivity index (χ0n) is 41.1. The molecule has 0 unspecified atom stereocenters. The van der Waals surface area contributed by atoms with Gasteiger partial charge < -0.3 is 4.90 Å². The van der Waals surface area contributed by atoms with Crippen LogP contribution >= 0.6 is 0 Å². The van der Waals surface area contributed by atoms with Crippen LogP contribution in [0.1, 0.15) is 25.0 Å². The van der Waals surface area contributed by atoms with Crippen LogP contribution in [0, 0.1) is 5.82 Å². The van der Waals surface area contributed by atoms with E-state index in [-0.39, 0.29) is 11.2 Å². The summed E-state index contributed by atoms with van der Waals surface area (Å²) < 4.78 is 17.7. The Morgan fingerprint density at radius 1 is 0.405 bits per heavy atom. The zero-order valence-corrected chi connectivity index (χ0v) is 41.1. The van der Waals surface area contributed by atoms with E-state index in [1.54, 1.807) is 6.07 Å². The average molecular weight is 947 g/mol. The van der Waals surface area contributed by atoms with Crippen molar-refractivity contribution in [2.24, 2.45) is 0 Å². The number of anilines is 3. The molecule has 14 rings (SSSR count). The lowest BCUT2D eigenvalue weighted by Crippen LogP contribution is -2.54. The first-order valence-corrected chi connectivity index (χ1v) is 25.6. The van der Waals surface area contributed by atoms with Gasteiger partial charge in [0.05, 0.1) is 17.6 Å². The minimum atomic E-state index is -0.430. The monoisotopic (exact) mass is 946 g/mol. The molecule has 0 fully saturated rings. The molecule has 4 heteroatoms. The van der Waals surface area contributed by atoms with E-state index in [1.807, 2.05) is 48.7 Å². The third kappa shape index (κ3) is 6.90. The summed E-state index contributed by atoms with van der Waals surface area (Å²) in [6.45, 7) is 4.24. The molecule has 0 amide bonds. The average Bonchev–Trinajstić information content (AvgIpc) is 3.70. The Kier molecular flexibility index (Phi) is 10.2. The fraction of sp³-hybridized carbons (Fsp3) is 0.0429. The second kappa shape index (κ2) is 17.3. The van der Waals surface area contributed by atoms with Crippen LogP contribution in [0.25, 0.3) is 87.7 Å². The molecular weight excluding hydrogens is 899 g/mol. The lowest BCUT2D eigenvalue weighted by Gasteiger charge is -2.28. The van der Waals surface area contributed by atoms with Gasteiger partial charge in [-0.15, -0.1) is 0 Å². The van der Waals surface area contributed by atoms with Crippen LogP contribution in [-0.2, 0) is 5.41 Å². The number of fused-ring (bicyclic) bond motifs is 6. The predicted octanol–water partition coefficient (Wildman–Crippen LogP) is 16.6. The van der Waals surface area contributed by atoms with Crippen LogP contribution in [0.3, 0.4) is 0 Å². The number of aromatic nitrogens is 1. The molecule has 0 bridgehead atoms. The molecular formula is C70H48BFN2. The molecule has 0 N–H and O–H groups in total. The fourth-order valence-electron chi connectivity index (χ4n) is 12.4. The molecule has 0 saturated carbocycles. The molecule has 12 aromatic carbocycles. The third-order valence-electron chi connectivity index (χ3n) is 15.9. The second-order valence-corrected chi connectivity index (χ2v) is 20.3. The normalized spacial score (nSPS) is 12.6. The molecule has 1 aliphatic carbocycles. The highest BCUT2D eigenvalue weighted by molar-refractivity contribution is 6.97. The van der Waals surface area contributed by atoms with Crippen molar-refractivity contribution in [2.75, 3.05) is 4.90 Å². The van der Waals surface area contributed by atoms with Gasteiger partial charge in [0.2, 0.25) is 6.71 Å². The lowest BCUT2D eigenvalue weighted by molar-refractivity contribution is 0.636. The predicted molar refractivity (Wildman–Crippen MR) is 312 cm³/mol. The second-order valence-electron chi connectivity index (χ2n) is 20.3. The van der Waals surface area contributed by atoms with E-state index in [0.717, 1.165) is 77.7 Å². The van der Waals surface area contributed by atoms with Gasteiger partial charge in [0.15, 0.2) is 0 Å². The summed E-state index contributed by atoms with van der Waals surface area (Å²) in [4.78, 5) is 7.68. The summed E-state index contributed by atoms with van der Waals surface area (Å²) in [5, 5.41) is 9.29. The van der Waals surface area contributed by atoms with Gasteiger partial charge in [0, 0.05) is 27.7 Å². The van der Waals surface area contributed by atoms with Crippen molar-refractivity contribution in [3.8, 4) is 44.6 Å². The van der Waals surface area contributed by atoms with E-state index in [9.17, 15) is 0 Å². The molecule has 74 heavy (non-hydrogen) atoms. The Bertz CT molecular complexity index is 4270. The Morgan fingerprint density at radius 3 is 1.77 bits per heavy atom. The Balaban J connectivity index is 0.957. The van der Waals surface area contributed by atoms with E-state index in [2.05, 4.69) is 219 Å². The summed E-state index contributed by atoms with van der Waals surface area (Å²) in [5.74, 6) is -0.233. The van der Waals surface area contributed by atoms with Gasteiger partial charge >= 0.3 is 0 Å². The Hall–Kier alpha value is -9.12. The Labute approximate surface area is 431 Å². The number of halogens is 1. The van der Waals surface area contributed by atoms with Crippen molar-refractivity contribution in [3.05, 3.63) is 272 Å². The maximum atomic E-state index is 17.7. The highest BCUT2D eigenvalue weighted by Crippen LogP contribution is 2.51. The number of hydrogen-bond acceptors (Lipinski definition) is 2. The number of para-hydroxylation sites is 1. The molecule has 0 radical (unpaired) electrons. The van der Waals surface area contributed by atoms with Gasteiger partial charge in [-0.05, 0) is 136 Å². The summed E-state index contributed by atoms with van der Waals surface area (Å²) in [6.07, 6.45) is 2.03. The summed E-state index contributed by atoms with van der Waals surface area (Å²) >= 11 is 0. The van der Waals surface area contributed by atoms with Crippen LogP contribution < -0.4 is 21.3 Å². The van der Waals surface area contributed by atoms with E-state index >= 15 is 4.39 Å². The lowest BCUT2D eigenvalue weighted by atomic mass is 9.35. The molecule has 0 spiro atoms. The standard InChI is InChI=1S/C70H48BFN2/c1-70(2)61-30-18-17-28-54(61)55-37-33-51(43-62(55)70)74(50-25-13-6-14-26-50)52-34-40-65(73-44-52)59-36-32-47-31-35-58-63(39-38-57-53-27-15-16-29-56(53)68(59)66(47)67(57)58)71(49-23-11-5-12-24-49)69-60(46-21-9-4-10-22-46)41-48(42-64(69)72)45-19-7-3-8-20-45/h3-44H,1-2H3. The van der Waals surface area contributed by atoms with Gasteiger partial charge in [-0.25, -0.2) is 4.39 Å². The summed E-state index contributed by atoms with van der Waals surface area (Å²) in [7, 11) is 0. The number of nitrogens with zero attached hydrogens (tertiary/aromatic N) is 2. The highest BCUT2D eigenvalue weighted by Gasteiger charge is 2.36. The van der Waals surface area contributed by atoms with Crippen LogP contribution in [-0.4, -0.2) is 11.7 Å². The van der Waals surface area contributed by atoms with Gasteiger partial charge in [0.1, 0.15) is 5.82 Å². The molecule has 0 saturated heterocycles. The molecule has 0 atom stereocenters. The largest absolute Gasteiger partial charge is 0.309 e. The van der Waals surface area contributed by atoms with Crippen LogP contribution in [0.15, 0.2) is 255 Å². The van der Waals surface area contributed by atoms with Gasteiger partial charge in [-0.2, -0.15) is 0 Å². The number of pyridine rings is 1. The first-order valence-electron chi connectivity index (χ1n) is 25.6. The maximum absolute atomic E-state index is 17.7. The van der Waals surface area contributed by atoms with Crippen molar-refractivity contribution >= 4 is 83.3 Å².